The van der Waals surface area contributed by atoms with Crippen molar-refractivity contribution in [1.82, 2.24) is 4.98 Å². The van der Waals surface area contributed by atoms with E-state index in [2.05, 4.69) is 10.3 Å². The van der Waals surface area contributed by atoms with E-state index >= 15 is 0 Å². The molecule has 23 heavy (non-hydrogen) atoms. The normalized spacial score (nSPS) is 15.7. The molecule has 0 saturated heterocycles. The second kappa shape index (κ2) is 5.45. The first kappa shape index (κ1) is 15.7. The summed E-state index contributed by atoms with van der Waals surface area (Å²) in [7, 11) is 1.78. The molecule has 0 aliphatic carbocycles. The fourth-order valence-electron chi connectivity index (χ4n) is 2.89. The molecule has 2 amide bonds. The molecule has 2 aromatic rings. The van der Waals surface area contributed by atoms with Gasteiger partial charge in [0.1, 0.15) is 0 Å². The minimum Gasteiger partial charge on any atom is -0.314 e. The number of nitrogens with one attached hydrogen (secondary N) is 1. The molecular formula is C17H19N3O2S. The molecule has 3 rings (SSSR count). The number of rotatable bonds is 3. The van der Waals surface area contributed by atoms with Crippen molar-refractivity contribution in [3.8, 4) is 0 Å². The summed E-state index contributed by atoms with van der Waals surface area (Å²) >= 11 is 1.41. The first-order chi connectivity index (χ1) is 10.8. The minimum atomic E-state index is -0.553. The summed E-state index contributed by atoms with van der Waals surface area (Å²) in [5.41, 5.74) is 3.13. The van der Waals surface area contributed by atoms with Crippen molar-refractivity contribution in [2.75, 3.05) is 17.3 Å². The van der Waals surface area contributed by atoms with Crippen LogP contribution < -0.4 is 10.2 Å². The Labute approximate surface area is 139 Å². The van der Waals surface area contributed by atoms with Crippen molar-refractivity contribution in [2.45, 2.75) is 32.6 Å². The van der Waals surface area contributed by atoms with Gasteiger partial charge in [0, 0.05) is 18.1 Å². The van der Waals surface area contributed by atoms with E-state index in [1.165, 1.54) is 11.3 Å². The summed E-state index contributed by atoms with van der Waals surface area (Å²) in [6.45, 7) is 5.72. The number of carbonyl (C=O) groups is 2. The molecule has 1 N–H and O–H groups in total. The predicted molar refractivity (Wildman–Crippen MR) is 92.1 cm³/mol. The van der Waals surface area contributed by atoms with Crippen LogP contribution in [0.2, 0.25) is 0 Å². The van der Waals surface area contributed by atoms with Gasteiger partial charge in [-0.25, -0.2) is 4.98 Å². The number of amides is 2. The van der Waals surface area contributed by atoms with Crippen LogP contribution >= 0.6 is 11.3 Å². The lowest BCUT2D eigenvalue weighted by Gasteiger charge is -2.16. The topological polar surface area (TPSA) is 62.3 Å². The Morgan fingerprint density at radius 2 is 2.13 bits per heavy atom. The lowest BCUT2D eigenvalue weighted by Crippen LogP contribution is -2.33. The van der Waals surface area contributed by atoms with Crippen LogP contribution in [0.25, 0.3) is 0 Å². The fraction of sp³-hybridized carbons (Fsp3) is 0.353. The molecule has 120 valence electrons. The van der Waals surface area contributed by atoms with E-state index in [0.29, 0.717) is 5.13 Å². The lowest BCUT2D eigenvalue weighted by atomic mass is 9.85. The van der Waals surface area contributed by atoms with Crippen molar-refractivity contribution < 1.29 is 9.59 Å². The molecule has 0 saturated carbocycles. The number of anilines is 2. The highest BCUT2D eigenvalue weighted by Crippen LogP contribution is 2.41. The maximum absolute atomic E-state index is 12.3. The second-order valence-electron chi connectivity index (χ2n) is 6.36. The molecule has 1 aromatic carbocycles. The van der Waals surface area contributed by atoms with E-state index in [4.69, 9.17) is 0 Å². The number of thiazole rings is 1. The molecular weight excluding hydrogens is 310 g/mol. The van der Waals surface area contributed by atoms with Crippen LogP contribution in [-0.4, -0.2) is 23.8 Å². The minimum absolute atomic E-state index is 0.0763. The third-order valence-corrected chi connectivity index (χ3v) is 5.04. The highest BCUT2D eigenvalue weighted by molar-refractivity contribution is 7.13. The van der Waals surface area contributed by atoms with Gasteiger partial charge < -0.3 is 10.2 Å². The van der Waals surface area contributed by atoms with Gasteiger partial charge in [-0.1, -0.05) is 12.1 Å². The highest BCUT2D eigenvalue weighted by Gasteiger charge is 2.42. The van der Waals surface area contributed by atoms with Gasteiger partial charge in [0.15, 0.2) is 5.13 Å². The van der Waals surface area contributed by atoms with Crippen molar-refractivity contribution >= 4 is 34.0 Å². The standard InChI is InChI=1S/C17H19N3O2S/c1-10-9-23-16(18-10)19-14(21)8-11-5-6-13-12(7-11)17(2,3)15(22)20(13)4/h5-7,9H,8H2,1-4H3,(H,18,19,21). The third-order valence-electron chi connectivity index (χ3n) is 4.17. The first-order valence-corrected chi connectivity index (χ1v) is 8.30. The smallest absolute Gasteiger partial charge is 0.236 e. The summed E-state index contributed by atoms with van der Waals surface area (Å²) in [5.74, 6) is -0.0258. The van der Waals surface area contributed by atoms with Crippen LogP contribution in [-0.2, 0) is 21.4 Å². The quantitative estimate of drug-likeness (QED) is 0.942. The molecule has 0 bridgehead atoms. The van der Waals surface area contributed by atoms with E-state index in [-0.39, 0.29) is 18.2 Å². The third kappa shape index (κ3) is 2.74. The molecule has 0 atom stereocenters. The summed E-state index contributed by atoms with van der Waals surface area (Å²) in [4.78, 5) is 30.4. The SMILES string of the molecule is Cc1csc(NC(=O)Cc2ccc3c(c2)C(C)(C)C(=O)N3C)n1. The molecule has 2 heterocycles. The number of nitrogens with zero attached hydrogens (tertiary/aromatic N) is 2. The van der Waals surface area contributed by atoms with Gasteiger partial charge in [0.2, 0.25) is 11.8 Å². The summed E-state index contributed by atoms with van der Waals surface area (Å²) < 4.78 is 0. The number of aromatic nitrogens is 1. The Bertz CT molecular complexity index is 795. The van der Waals surface area contributed by atoms with Crippen LogP contribution in [0.5, 0.6) is 0 Å². The zero-order valence-electron chi connectivity index (χ0n) is 13.6. The Morgan fingerprint density at radius 1 is 1.39 bits per heavy atom. The number of benzene rings is 1. The summed E-state index contributed by atoms with van der Waals surface area (Å²) in [6.07, 6.45) is 0.264. The van der Waals surface area contributed by atoms with E-state index in [1.807, 2.05) is 44.4 Å². The van der Waals surface area contributed by atoms with Gasteiger partial charge in [-0.2, -0.15) is 0 Å². The molecule has 0 fully saturated rings. The van der Waals surface area contributed by atoms with Gasteiger partial charge >= 0.3 is 0 Å². The summed E-state index contributed by atoms with van der Waals surface area (Å²) in [5, 5.41) is 5.32. The fourth-order valence-corrected chi connectivity index (χ4v) is 3.59. The number of hydrogen-bond donors (Lipinski definition) is 1. The molecule has 1 aliphatic heterocycles. The zero-order valence-corrected chi connectivity index (χ0v) is 14.5. The molecule has 5 nitrogen and oxygen atoms in total. The molecule has 6 heteroatoms. The number of fused-ring (bicyclic) bond motifs is 1. The van der Waals surface area contributed by atoms with E-state index in [1.54, 1.807) is 11.9 Å². The summed E-state index contributed by atoms with van der Waals surface area (Å²) in [6, 6.07) is 5.78. The number of hydrogen-bond acceptors (Lipinski definition) is 4. The van der Waals surface area contributed by atoms with Crippen molar-refractivity contribution in [1.29, 1.82) is 0 Å². The first-order valence-electron chi connectivity index (χ1n) is 7.42. The van der Waals surface area contributed by atoms with Crippen LogP contribution in [0.4, 0.5) is 10.8 Å². The van der Waals surface area contributed by atoms with Gasteiger partial charge in [-0.3, -0.25) is 9.59 Å². The largest absolute Gasteiger partial charge is 0.314 e. The van der Waals surface area contributed by atoms with Crippen molar-refractivity contribution in [3.63, 3.8) is 0 Å². The number of aryl methyl sites for hydroxylation is 1. The Kier molecular flexibility index (Phi) is 3.72. The average Bonchev–Trinajstić information content (AvgIpc) is 2.96. The molecule has 0 spiro atoms. The van der Waals surface area contributed by atoms with Crippen LogP contribution in [0.3, 0.4) is 0 Å². The van der Waals surface area contributed by atoms with Crippen molar-refractivity contribution in [3.05, 3.63) is 40.4 Å². The molecule has 0 radical (unpaired) electrons. The van der Waals surface area contributed by atoms with Crippen LogP contribution in [0.15, 0.2) is 23.6 Å². The predicted octanol–water partition coefficient (Wildman–Crippen LogP) is 2.89. The van der Waals surface area contributed by atoms with Crippen LogP contribution in [0, 0.1) is 6.92 Å². The number of likely N-dealkylation sites (N-methyl/N-ethyl adjacent to an activating group) is 1. The van der Waals surface area contributed by atoms with Gasteiger partial charge in [0.25, 0.3) is 0 Å². The Balaban J connectivity index is 1.79. The maximum Gasteiger partial charge on any atom is 0.236 e. The number of carbonyl (C=O) groups excluding carboxylic acids is 2. The van der Waals surface area contributed by atoms with Gasteiger partial charge in [0.05, 0.1) is 17.5 Å². The molecule has 1 aliphatic rings. The monoisotopic (exact) mass is 329 g/mol. The van der Waals surface area contributed by atoms with Gasteiger partial charge in [-0.15, -0.1) is 11.3 Å². The van der Waals surface area contributed by atoms with Crippen LogP contribution in [0.1, 0.15) is 30.7 Å². The lowest BCUT2D eigenvalue weighted by molar-refractivity contribution is -0.121. The Hall–Kier alpha value is -2.21. The average molecular weight is 329 g/mol. The Morgan fingerprint density at radius 3 is 2.78 bits per heavy atom. The second-order valence-corrected chi connectivity index (χ2v) is 7.22. The van der Waals surface area contributed by atoms with E-state index in [9.17, 15) is 9.59 Å². The van der Waals surface area contributed by atoms with Crippen molar-refractivity contribution in [2.24, 2.45) is 0 Å². The van der Waals surface area contributed by atoms with Gasteiger partial charge in [-0.05, 0) is 38.0 Å². The van der Waals surface area contributed by atoms with E-state index < -0.39 is 5.41 Å². The van der Waals surface area contributed by atoms with E-state index in [0.717, 1.165) is 22.5 Å². The molecule has 1 aromatic heterocycles. The molecule has 0 unspecified atom stereocenters. The maximum atomic E-state index is 12.3. The highest BCUT2D eigenvalue weighted by atomic mass is 32.1. The zero-order chi connectivity index (χ0) is 16.8.